The van der Waals surface area contributed by atoms with Gasteiger partial charge in [0.05, 0.1) is 41.2 Å². The van der Waals surface area contributed by atoms with Crippen molar-refractivity contribution < 1.29 is 48.6 Å². The van der Waals surface area contributed by atoms with Gasteiger partial charge in [-0.1, -0.05) is 27.7 Å². The third-order valence-corrected chi connectivity index (χ3v) is 11.1. The zero-order valence-electron chi connectivity index (χ0n) is 33.3. The van der Waals surface area contributed by atoms with Gasteiger partial charge in [0.25, 0.3) is 0 Å². The molecule has 2 aliphatic heterocycles. The van der Waals surface area contributed by atoms with E-state index in [1.165, 1.54) is 13.8 Å². The largest absolute Gasteiger partial charge is 0.461 e. The number of cyclic esters (lactones) is 1. The number of hydrogen-bond acceptors (Lipinski definition) is 13. The summed E-state index contributed by atoms with van der Waals surface area (Å²) in [7, 11) is 5.31. The highest BCUT2D eigenvalue weighted by atomic mass is 16.7. The van der Waals surface area contributed by atoms with Crippen LogP contribution in [-0.2, 0) is 33.3 Å². The van der Waals surface area contributed by atoms with Crippen LogP contribution in [-0.4, -0.2) is 130 Å². The number of rotatable bonds is 8. The van der Waals surface area contributed by atoms with Gasteiger partial charge in [0.1, 0.15) is 23.9 Å². The number of aliphatic hydroxyl groups excluding tert-OH is 2. The van der Waals surface area contributed by atoms with Crippen LogP contribution in [0.4, 0.5) is 0 Å². The molecule has 296 valence electrons. The molecule has 52 heavy (non-hydrogen) atoms. The van der Waals surface area contributed by atoms with Crippen LogP contribution in [0.2, 0.25) is 0 Å². The van der Waals surface area contributed by atoms with Crippen molar-refractivity contribution in [3.05, 3.63) is 24.0 Å². The zero-order valence-corrected chi connectivity index (χ0v) is 33.3. The summed E-state index contributed by atoms with van der Waals surface area (Å²) < 4.78 is 31.1. The fourth-order valence-electron chi connectivity index (χ4n) is 7.92. The maximum atomic E-state index is 13.9. The number of hydrogen-bond donors (Lipinski definition) is 4. The van der Waals surface area contributed by atoms with E-state index in [1.807, 2.05) is 58.8 Å². The van der Waals surface area contributed by atoms with Crippen molar-refractivity contribution in [2.45, 2.75) is 149 Å². The van der Waals surface area contributed by atoms with Gasteiger partial charge in [-0.3, -0.25) is 9.59 Å². The summed E-state index contributed by atoms with van der Waals surface area (Å²) in [5, 5.41) is 44.5. The topological polar surface area (TPSA) is 185 Å². The van der Waals surface area contributed by atoms with Crippen LogP contribution >= 0.6 is 0 Å². The second-order valence-corrected chi connectivity index (χ2v) is 15.6. The Labute approximate surface area is 309 Å². The number of aromatic amines is 1. The van der Waals surface area contributed by atoms with E-state index in [1.54, 1.807) is 41.0 Å². The molecule has 3 heterocycles. The Balaban J connectivity index is 2.27. The van der Waals surface area contributed by atoms with E-state index in [9.17, 15) is 24.9 Å². The summed E-state index contributed by atoms with van der Waals surface area (Å²) in [6.45, 7) is 17.1. The van der Waals surface area contributed by atoms with Crippen molar-refractivity contribution in [1.29, 1.82) is 0 Å². The summed E-state index contributed by atoms with van der Waals surface area (Å²) in [5.74, 6) is -4.32. The lowest BCUT2D eigenvalue weighted by Crippen LogP contribution is -2.60. The van der Waals surface area contributed by atoms with Crippen LogP contribution in [0.1, 0.15) is 94.2 Å². The first-order valence-electron chi connectivity index (χ1n) is 18.4. The Morgan fingerprint density at radius 1 is 1.12 bits per heavy atom. The summed E-state index contributed by atoms with van der Waals surface area (Å²) in [4.78, 5) is 31.6. The fourth-order valence-corrected chi connectivity index (χ4v) is 7.92. The van der Waals surface area contributed by atoms with Crippen molar-refractivity contribution in [2.75, 3.05) is 21.2 Å². The first-order chi connectivity index (χ1) is 24.2. The first kappa shape index (κ1) is 43.7. The predicted octanol–water partition coefficient (Wildman–Crippen LogP) is 3.71. The molecule has 0 bridgehead atoms. The highest BCUT2D eigenvalue weighted by Crippen LogP contribution is 2.40. The quantitative estimate of drug-likeness (QED) is 0.173. The highest BCUT2D eigenvalue weighted by Gasteiger charge is 2.52. The lowest BCUT2D eigenvalue weighted by molar-refractivity contribution is -0.301. The standard InChI is InChI=1S/C38H64N4O10/c1-14-29-38(10,47)33(45)22(4)30(41-40-25(7)27-16-15-17-39-27)20(2)19-37(9,48-13)34(23(5)32(50-26(8)43)24(6)35(46)51-29)52-36-31(44)28(42(11)12)18-21(3)49-36/h15-17,20-24,28-29,31-34,36,39,44-45,47H,14,18-19H2,1-13H3. The predicted molar refractivity (Wildman–Crippen MR) is 197 cm³/mol. The molecule has 1 aromatic rings. The molecule has 0 amide bonds. The molecule has 2 aliphatic rings. The number of carbonyl (C=O) groups excluding carboxylic acids is 2. The molecule has 0 radical (unpaired) electrons. The summed E-state index contributed by atoms with van der Waals surface area (Å²) in [6.07, 6.45) is -4.17. The van der Waals surface area contributed by atoms with E-state index in [0.717, 1.165) is 5.69 Å². The lowest BCUT2D eigenvalue weighted by Gasteiger charge is -2.48. The van der Waals surface area contributed by atoms with Gasteiger partial charge < -0.3 is 48.9 Å². The van der Waals surface area contributed by atoms with Crippen molar-refractivity contribution in [3.63, 3.8) is 0 Å². The molecule has 14 heteroatoms. The minimum absolute atomic E-state index is 0.185. The maximum Gasteiger partial charge on any atom is 0.312 e. The number of aromatic nitrogens is 1. The average Bonchev–Trinajstić information content (AvgIpc) is 3.63. The first-order valence-corrected chi connectivity index (χ1v) is 18.4. The SMILES string of the molecule is CCC1OC(=O)C(C)C(OC(C)=O)C(C)C(OC2OC(C)CC(N(C)C)C2O)C(C)(OC)CC(C)C(=NN=C(C)c2ccc[nH]2)C(C)C(O)C1(C)O. The van der Waals surface area contributed by atoms with Crippen LogP contribution < -0.4 is 0 Å². The Morgan fingerprint density at radius 2 is 1.77 bits per heavy atom. The third-order valence-electron chi connectivity index (χ3n) is 11.1. The van der Waals surface area contributed by atoms with E-state index >= 15 is 0 Å². The number of likely N-dealkylation sites (N-methyl/N-ethyl adjacent to an activating group) is 1. The van der Waals surface area contributed by atoms with Gasteiger partial charge in [-0.15, -0.1) is 0 Å². The van der Waals surface area contributed by atoms with Crippen LogP contribution in [0.3, 0.4) is 0 Å². The molecule has 14 atom stereocenters. The minimum Gasteiger partial charge on any atom is -0.461 e. The molecule has 14 unspecified atom stereocenters. The number of ether oxygens (including phenoxy) is 5. The fraction of sp³-hybridized carbons (Fsp3) is 0.789. The smallest absolute Gasteiger partial charge is 0.312 e. The summed E-state index contributed by atoms with van der Waals surface area (Å²) >= 11 is 0. The van der Waals surface area contributed by atoms with E-state index < -0.39 is 83.6 Å². The normalized spacial score (nSPS) is 41.1. The number of nitrogens with one attached hydrogen (secondary N) is 1. The van der Waals surface area contributed by atoms with Gasteiger partial charge in [0.2, 0.25) is 0 Å². The van der Waals surface area contributed by atoms with Gasteiger partial charge >= 0.3 is 11.9 Å². The van der Waals surface area contributed by atoms with E-state index in [-0.39, 0.29) is 25.0 Å². The molecule has 2 fully saturated rings. The van der Waals surface area contributed by atoms with E-state index in [4.69, 9.17) is 28.8 Å². The molecule has 0 spiro atoms. The van der Waals surface area contributed by atoms with Crippen LogP contribution in [0.5, 0.6) is 0 Å². The number of aliphatic hydroxyl groups is 3. The molecular formula is C38H64N4O10. The molecule has 1 aromatic heterocycles. The molecule has 14 nitrogen and oxygen atoms in total. The van der Waals surface area contributed by atoms with Crippen molar-refractivity contribution in [2.24, 2.45) is 33.9 Å². The Morgan fingerprint density at radius 3 is 2.31 bits per heavy atom. The van der Waals surface area contributed by atoms with E-state index in [2.05, 4.69) is 10.1 Å². The summed E-state index contributed by atoms with van der Waals surface area (Å²) in [6, 6.07) is 3.45. The number of methoxy groups -OCH3 is 1. The lowest BCUT2D eigenvalue weighted by atomic mass is 9.73. The second kappa shape index (κ2) is 18.1. The second-order valence-electron chi connectivity index (χ2n) is 15.6. The van der Waals surface area contributed by atoms with Crippen molar-refractivity contribution in [1.82, 2.24) is 9.88 Å². The number of esters is 2. The molecule has 0 aliphatic carbocycles. The minimum atomic E-state index is -1.90. The van der Waals surface area contributed by atoms with Gasteiger partial charge in [0, 0.05) is 43.8 Å². The number of H-pyrrole nitrogens is 1. The molecule has 4 N–H and O–H groups in total. The zero-order chi connectivity index (χ0) is 39.3. The van der Waals surface area contributed by atoms with Gasteiger partial charge in [-0.2, -0.15) is 10.2 Å². The van der Waals surface area contributed by atoms with Gasteiger partial charge in [-0.25, -0.2) is 0 Å². The molecule has 3 rings (SSSR count). The van der Waals surface area contributed by atoms with Crippen molar-refractivity contribution >= 4 is 23.4 Å². The maximum absolute atomic E-state index is 13.9. The highest BCUT2D eigenvalue weighted by molar-refractivity contribution is 5.98. The molecule has 0 aromatic carbocycles. The van der Waals surface area contributed by atoms with Gasteiger partial charge in [-0.05, 0) is 86.0 Å². The van der Waals surface area contributed by atoms with Crippen molar-refractivity contribution in [3.8, 4) is 0 Å². The summed E-state index contributed by atoms with van der Waals surface area (Å²) in [5.41, 5.74) is -1.26. The number of carbonyl (C=O) groups is 2. The van der Waals surface area contributed by atoms with Crippen LogP contribution in [0.15, 0.2) is 28.5 Å². The molecule has 0 saturated carbocycles. The average molecular weight is 737 g/mol. The van der Waals surface area contributed by atoms with Gasteiger partial charge in [0.15, 0.2) is 6.29 Å². The van der Waals surface area contributed by atoms with E-state index in [0.29, 0.717) is 17.8 Å². The monoisotopic (exact) mass is 736 g/mol. The third kappa shape index (κ3) is 9.87. The van der Waals surface area contributed by atoms with Crippen LogP contribution in [0.25, 0.3) is 0 Å². The Hall–Kier alpha value is -2.72. The van der Waals surface area contributed by atoms with Crippen LogP contribution in [0, 0.1) is 23.7 Å². The molecular weight excluding hydrogens is 672 g/mol. The Bertz CT molecular complexity index is 1380. The number of nitrogens with zero attached hydrogens (tertiary/aromatic N) is 3. The molecule has 2 saturated heterocycles. The Kier molecular flexibility index (Phi) is 15.2.